The standard InChI is InChI=1S/C20H23NO5/c1-21-17(11-8-9-14(24-2)15(10-11)25-3)16-18(22)12-6-4-5-7-13(12)26-19(16)20(21)23/h8-10,12-13,17H,4-7H2,1-3H3. The van der Waals surface area contributed by atoms with Crippen LogP contribution in [-0.4, -0.2) is 44.0 Å². The third-order valence-electron chi connectivity index (χ3n) is 5.72. The van der Waals surface area contributed by atoms with Crippen LogP contribution in [0.4, 0.5) is 0 Å². The van der Waals surface area contributed by atoms with E-state index in [0.29, 0.717) is 17.1 Å². The van der Waals surface area contributed by atoms with E-state index in [0.717, 1.165) is 31.2 Å². The molecule has 1 saturated carbocycles. The Hall–Kier alpha value is -2.50. The molecular weight excluding hydrogens is 334 g/mol. The highest BCUT2D eigenvalue weighted by Gasteiger charge is 2.50. The predicted octanol–water partition coefficient (Wildman–Crippen LogP) is 2.63. The summed E-state index contributed by atoms with van der Waals surface area (Å²) in [5, 5.41) is 0. The number of likely N-dealkylation sites (N-methyl/N-ethyl adjacent to an activating group) is 1. The maximum Gasteiger partial charge on any atom is 0.289 e. The third-order valence-corrected chi connectivity index (χ3v) is 5.72. The van der Waals surface area contributed by atoms with Crippen molar-refractivity contribution in [2.75, 3.05) is 21.3 Å². The zero-order valence-electron chi connectivity index (χ0n) is 15.3. The summed E-state index contributed by atoms with van der Waals surface area (Å²) < 4.78 is 16.7. The van der Waals surface area contributed by atoms with E-state index in [2.05, 4.69) is 0 Å². The highest BCUT2D eigenvalue weighted by atomic mass is 16.5. The lowest BCUT2D eigenvalue weighted by Gasteiger charge is -2.35. The van der Waals surface area contributed by atoms with Crippen LogP contribution < -0.4 is 9.47 Å². The third kappa shape index (κ3) is 2.39. The molecule has 0 aromatic heterocycles. The Kier molecular flexibility index (Phi) is 4.13. The molecule has 26 heavy (non-hydrogen) atoms. The monoisotopic (exact) mass is 357 g/mol. The summed E-state index contributed by atoms with van der Waals surface area (Å²) in [4.78, 5) is 27.6. The molecule has 0 saturated heterocycles. The van der Waals surface area contributed by atoms with Gasteiger partial charge >= 0.3 is 0 Å². The summed E-state index contributed by atoms with van der Waals surface area (Å²) in [6, 6.07) is 5.03. The van der Waals surface area contributed by atoms with Crippen LogP contribution in [0, 0.1) is 5.92 Å². The molecule has 3 atom stereocenters. The average molecular weight is 357 g/mol. The van der Waals surface area contributed by atoms with Crippen LogP contribution in [0.5, 0.6) is 11.5 Å². The van der Waals surface area contributed by atoms with Crippen molar-refractivity contribution in [3.63, 3.8) is 0 Å². The molecule has 0 spiro atoms. The normalized spacial score (nSPS) is 27.8. The van der Waals surface area contributed by atoms with Crippen molar-refractivity contribution in [2.45, 2.75) is 37.8 Å². The van der Waals surface area contributed by atoms with Gasteiger partial charge in [-0.1, -0.05) is 12.5 Å². The van der Waals surface area contributed by atoms with Gasteiger partial charge in [-0.05, 0) is 37.0 Å². The number of methoxy groups -OCH3 is 2. The Morgan fingerprint density at radius 2 is 1.81 bits per heavy atom. The van der Waals surface area contributed by atoms with Crippen molar-refractivity contribution in [1.82, 2.24) is 4.90 Å². The van der Waals surface area contributed by atoms with Crippen molar-refractivity contribution in [2.24, 2.45) is 5.92 Å². The summed E-state index contributed by atoms with van der Waals surface area (Å²) in [7, 11) is 4.85. The minimum atomic E-state index is -0.451. The number of fused-ring (bicyclic) bond motifs is 1. The minimum Gasteiger partial charge on any atom is -0.493 e. The zero-order valence-corrected chi connectivity index (χ0v) is 15.3. The summed E-state index contributed by atoms with van der Waals surface area (Å²) in [5.74, 6) is 1.12. The van der Waals surface area contributed by atoms with Gasteiger partial charge in [0.2, 0.25) is 0 Å². The van der Waals surface area contributed by atoms with Gasteiger partial charge in [0.25, 0.3) is 5.91 Å². The van der Waals surface area contributed by atoms with Crippen molar-refractivity contribution < 1.29 is 23.8 Å². The van der Waals surface area contributed by atoms with E-state index in [4.69, 9.17) is 14.2 Å². The molecule has 1 aliphatic carbocycles. The van der Waals surface area contributed by atoms with E-state index in [-0.39, 0.29) is 29.5 Å². The fourth-order valence-electron chi connectivity index (χ4n) is 4.37. The number of hydrogen-bond acceptors (Lipinski definition) is 5. The molecule has 2 aliphatic heterocycles. The van der Waals surface area contributed by atoms with Crippen LogP contribution in [-0.2, 0) is 14.3 Å². The van der Waals surface area contributed by atoms with E-state index >= 15 is 0 Å². The van der Waals surface area contributed by atoms with E-state index in [1.54, 1.807) is 32.2 Å². The quantitative estimate of drug-likeness (QED) is 0.832. The Balaban J connectivity index is 1.78. The lowest BCUT2D eigenvalue weighted by molar-refractivity contribution is -0.134. The SMILES string of the molecule is COc1ccc(C2C3=C(OC4CCCCC4C3=O)C(=O)N2C)cc1OC. The maximum atomic E-state index is 13.2. The molecule has 1 aromatic carbocycles. The molecule has 0 bridgehead atoms. The van der Waals surface area contributed by atoms with E-state index in [1.165, 1.54) is 0 Å². The number of benzene rings is 1. The second-order valence-electron chi connectivity index (χ2n) is 7.09. The summed E-state index contributed by atoms with van der Waals surface area (Å²) in [6.45, 7) is 0. The van der Waals surface area contributed by atoms with Gasteiger partial charge in [0, 0.05) is 7.05 Å². The zero-order chi connectivity index (χ0) is 18.4. The van der Waals surface area contributed by atoms with Crippen molar-refractivity contribution in [1.29, 1.82) is 0 Å². The average Bonchev–Trinajstić information content (AvgIpc) is 2.93. The van der Waals surface area contributed by atoms with E-state index in [9.17, 15) is 9.59 Å². The number of Topliss-reactive ketones (excluding diaryl/α,β-unsaturated/α-hetero) is 1. The first kappa shape index (κ1) is 16.9. The Bertz CT molecular complexity index is 799. The number of carbonyl (C=O) groups is 2. The van der Waals surface area contributed by atoms with E-state index in [1.807, 2.05) is 12.1 Å². The Morgan fingerprint density at radius 1 is 1.08 bits per heavy atom. The molecule has 4 rings (SSSR count). The van der Waals surface area contributed by atoms with Gasteiger partial charge in [-0.15, -0.1) is 0 Å². The van der Waals surface area contributed by atoms with Crippen LogP contribution in [0.1, 0.15) is 37.3 Å². The number of amides is 1. The predicted molar refractivity (Wildman–Crippen MR) is 93.9 cm³/mol. The second kappa shape index (κ2) is 6.34. The maximum absolute atomic E-state index is 13.2. The molecule has 6 heteroatoms. The first-order chi connectivity index (χ1) is 12.6. The molecule has 3 unspecified atom stereocenters. The molecular formula is C20H23NO5. The van der Waals surface area contributed by atoms with Crippen molar-refractivity contribution >= 4 is 11.7 Å². The van der Waals surface area contributed by atoms with Gasteiger partial charge in [0.05, 0.1) is 31.8 Å². The largest absolute Gasteiger partial charge is 0.493 e. The van der Waals surface area contributed by atoms with E-state index < -0.39 is 6.04 Å². The Labute approximate surface area is 152 Å². The molecule has 2 heterocycles. The number of rotatable bonds is 3. The number of hydrogen-bond donors (Lipinski definition) is 0. The fraction of sp³-hybridized carbons (Fsp3) is 0.500. The lowest BCUT2D eigenvalue weighted by Crippen LogP contribution is -2.39. The van der Waals surface area contributed by atoms with Gasteiger partial charge in [-0.25, -0.2) is 0 Å². The molecule has 1 amide bonds. The van der Waals surface area contributed by atoms with Gasteiger partial charge in [0.1, 0.15) is 6.10 Å². The summed E-state index contributed by atoms with van der Waals surface area (Å²) >= 11 is 0. The van der Waals surface area contributed by atoms with Gasteiger partial charge in [-0.3, -0.25) is 9.59 Å². The molecule has 0 radical (unpaired) electrons. The van der Waals surface area contributed by atoms with Crippen molar-refractivity contribution in [3.8, 4) is 11.5 Å². The molecule has 6 nitrogen and oxygen atoms in total. The van der Waals surface area contributed by atoms with Crippen LogP contribution in [0.25, 0.3) is 0 Å². The second-order valence-corrected chi connectivity index (χ2v) is 7.09. The summed E-state index contributed by atoms with van der Waals surface area (Å²) in [6.07, 6.45) is 3.59. The molecule has 1 fully saturated rings. The van der Waals surface area contributed by atoms with Crippen molar-refractivity contribution in [3.05, 3.63) is 35.1 Å². The smallest absolute Gasteiger partial charge is 0.289 e. The van der Waals surface area contributed by atoms with Gasteiger partial charge < -0.3 is 19.1 Å². The highest BCUT2D eigenvalue weighted by Crippen LogP contribution is 2.47. The molecule has 0 N–H and O–H groups in total. The molecule has 1 aromatic rings. The molecule has 3 aliphatic rings. The van der Waals surface area contributed by atoms with Crippen LogP contribution in [0.2, 0.25) is 0 Å². The highest BCUT2D eigenvalue weighted by molar-refractivity contribution is 6.11. The first-order valence-corrected chi connectivity index (χ1v) is 9.01. The van der Waals surface area contributed by atoms with Crippen LogP contribution >= 0.6 is 0 Å². The molecule has 138 valence electrons. The number of ether oxygens (including phenoxy) is 3. The lowest BCUT2D eigenvalue weighted by atomic mass is 9.77. The number of ketones is 1. The van der Waals surface area contributed by atoms with Crippen LogP contribution in [0.3, 0.4) is 0 Å². The minimum absolute atomic E-state index is 0.0634. The number of carbonyl (C=O) groups excluding carboxylic acids is 2. The van der Waals surface area contributed by atoms with Gasteiger partial charge in [0.15, 0.2) is 23.0 Å². The van der Waals surface area contributed by atoms with Crippen LogP contribution in [0.15, 0.2) is 29.5 Å². The number of nitrogens with zero attached hydrogens (tertiary/aromatic N) is 1. The fourth-order valence-corrected chi connectivity index (χ4v) is 4.37. The van der Waals surface area contributed by atoms with Gasteiger partial charge in [-0.2, -0.15) is 0 Å². The first-order valence-electron chi connectivity index (χ1n) is 9.01. The Morgan fingerprint density at radius 3 is 2.54 bits per heavy atom. The topological polar surface area (TPSA) is 65.1 Å². The summed E-state index contributed by atoms with van der Waals surface area (Å²) in [5.41, 5.74) is 1.31.